The zero-order chi connectivity index (χ0) is 13.4. The zero-order valence-electron chi connectivity index (χ0n) is 11.1. The van der Waals surface area contributed by atoms with Crippen molar-refractivity contribution in [3.05, 3.63) is 16.1 Å². The number of aromatic nitrogens is 2. The van der Waals surface area contributed by atoms with E-state index < -0.39 is 0 Å². The first-order valence-electron chi connectivity index (χ1n) is 6.43. The highest BCUT2D eigenvalue weighted by molar-refractivity contribution is 7.11. The van der Waals surface area contributed by atoms with E-state index in [1.807, 2.05) is 5.38 Å². The number of carbonyl (C=O) groups is 1. The summed E-state index contributed by atoms with van der Waals surface area (Å²) < 4.78 is 0. The van der Waals surface area contributed by atoms with Gasteiger partial charge in [0.1, 0.15) is 5.82 Å². The third-order valence-electron chi connectivity index (χ3n) is 3.45. The topological polar surface area (TPSA) is 58.1 Å². The predicted molar refractivity (Wildman–Crippen MR) is 77.0 cm³/mol. The number of nitrogens with one attached hydrogen (secondary N) is 1. The molecule has 0 spiro atoms. The van der Waals surface area contributed by atoms with Crippen LogP contribution in [0.25, 0.3) is 10.9 Å². The molecule has 6 heteroatoms. The van der Waals surface area contributed by atoms with Crippen molar-refractivity contribution < 1.29 is 4.79 Å². The van der Waals surface area contributed by atoms with Crippen LogP contribution in [0.1, 0.15) is 28.3 Å². The molecule has 3 heterocycles. The van der Waals surface area contributed by atoms with Crippen LogP contribution in [-0.4, -0.2) is 36.0 Å². The molecule has 1 aliphatic heterocycles. The van der Waals surface area contributed by atoms with Crippen molar-refractivity contribution in [1.29, 1.82) is 0 Å². The normalized spacial score (nSPS) is 15.2. The van der Waals surface area contributed by atoms with Crippen LogP contribution in [-0.2, 0) is 0 Å². The second-order valence-corrected chi connectivity index (χ2v) is 5.78. The van der Waals surface area contributed by atoms with Gasteiger partial charge in [0.25, 0.3) is 5.91 Å². The maximum absolute atomic E-state index is 11.8. The standard InChI is InChI=1S/C13H16N4OS/c1-8-10-9(7-19-8)15-11(13(18)14-2)16-12(10)17-5-3-4-6-17/h7H,3-6H2,1-2H3,(H,14,18). The highest BCUT2D eigenvalue weighted by Gasteiger charge is 2.21. The molecule has 0 saturated carbocycles. The number of fused-ring (bicyclic) bond motifs is 1. The van der Waals surface area contributed by atoms with Crippen LogP contribution in [0.15, 0.2) is 5.38 Å². The summed E-state index contributed by atoms with van der Waals surface area (Å²) in [4.78, 5) is 24.1. The molecule has 1 amide bonds. The van der Waals surface area contributed by atoms with Crippen LogP contribution < -0.4 is 10.2 Å². The van der Waals surface area contributed by atoms with Crippen molar-refractivity contribution in [2.75, 3.05) is 25.0 Å². The number of carbonyl (C=O) groups excluding carboxylic acids is 1. The van der Waals surface area contributed by atoms with Crippen molar-refractivity contribution in [3.8, 4) is 0 Å². The molecule has 1 fully saturated rings. The molecule has 2 aromatic rings. The Bertz CT molecular complexity index is 631. The van der Waals surface area contributed by atoms with Gasteiger partial charge in [-0.2, -0.15) is 0 Å². The van der Waals surface area contributed by atoms with E-state index in [1.165, 1.54) is 17.7 Å². The lowest BCUT2D eigenvalue weighted by Gasteiger charge is -2.18. The number of thiophene rings is 1. The fourth-order valence-electron chi connectivity index (χ4n) is 2.46. The lowest BCUT2D eigenvalue weighted by Crippen LogP contribution is -2.24. The summed E-state index contributed by atoms with van der Waals surface area (Å²) in [7, 11) is 1.60. The van der Waals surface area contributed by atoms with Gasteiger partial charge in [-0.25, -0.2) is 9.97 Å². The fourth-order valence-corrected chi connectivity index (χ4v) is 3.24. The molecular formula is C13H16N4OS. The highest BCUT2D eigenvalue weighted by Crippen LogP contribution is 2.32. The summed E-state index contributed by atoms with van der Waals surface area (Å²) in [6.45, 7) is 4.10. The monoisotopic (exact) mass is 276 g/mol. The molecule has 1 N–H and O–H groups in total. The third kappa shape index (κ3) is 2.06. The molecule has 1 saturated heterocycles. The summed E-state index contributed by atoms with van der Waals surface area (Å²) in [6, 6.07) is 0. The van der Waals surface area contributed by atoms with Crippen LogP contribution in [0, 0.1) is 6.92 Å². The van der Waals surface area contributed by atoms with Gasteiger partial charge in [-0.15, -0.1) is 11.3 Å². The minimum atomic E-state index is -0.230. The average Bonchev–Trinajstić information content (AvgIpc) is 3.07. The Hall–Kier alpha value is -1.69. The molecule has 0 atom stereocenters. The van der Waals surface area contributed by atoms with E-state index in [9.17, 15) is 4.79 Å². The number of rotatable bonds is 2. The Kier molecular flexibility index (Phi) is 3.10. The van der Waals surface area contributed by atoms with E-state index in [0.29, 0.717) is 0 Å². The Morgan fingerprint density at radius 3 is 2.79 bits per heavy atom. The van der Waals surface area contributed by atoms with Crippen molar-refractivity contribution in [1.82, 2.24) is 15.3 Å². The number of hydrogen-bond acceptors (Lipinski definition) is 5. The molecule has 1 aliphatic rings. The van der Waals surface area contributed by atoms with Crippen LogP contribution in [0.3, 0.4) is 0 Å². The Morgan fingerprint density at radius 2 is 2.11 bits per heavy atom. The minimum Gasteiger partial charge on any atom is -0.356 e. The van der Waals surface area contributed by atoms with E-state index >= 15 is 0 Å². The molecule has 100 valence electrons. The number of anilines is 1. The van der Waals surface area contributed by atoms with Crippen LogP contribution >= 0.6 is 11.3 Å². The summed E-state index contributed by atoms with van der Waals surface area (Å²) >= 11 is 1.66. The Morgan fingerprint density at radius 1 is 1.37 bits per heavy atom. The molecule has 0 aliphatic carbocycles. The van der Waals surface area contributed by atoms with Gasteiger partial charge in [0, 0.05) is 30.4 Å². The summed E-state index contributed by atoms with van der Waals surface area (Å²) in [5, 5.41) is 5.69. The largest absolute Gasteiger partial charge is 0.356 e. The molecule has 0 unspecified atom stereocenters. The van der Waals surface area contributed by atoms with E-state index in [-0.39, 0.29) is 11.7 Å². The number of amides is 1. The SMILES string of the molecule is CNC(=O)c1nc(N2CCCC2)c2c(C)scc2n1. The fraction of sp³-hybridized carbons (Fsp3) is 0.462. The smallest absolute Gasteiger partial charge is 0.288 e. The summed E-state index contributed by atoms with van der Waals surface area (Å²) in [6.07, 6.45) is 2.37. The van der Waals surface area contributed by atoms with Crippen LogP contribution in [0.4, 0.5) is 5.82 Å². The Labute approximate surface area is 115 Å². The van der Waals surface area contributed by atoms with Crippen LogP contribution in [0.5, 0.6) is 0 Å². The molecule has 0 aromatic carbocycles. The van der Waals surface area contributed by atoms with Gasteiger partial charge in [0.2, 0.25) is 5.82 Å². The first-order valence-corrected chi connectivity index (χ1v) is 7.31. The summed E-state index contributed by atoms with van der Waals surface area (Å²) in [5.41, 5.74) is 0.873. The van der Waals surface area contributed by atoms with Crippen molar-refractivity contribution in [2.45, 2.75) is 19.8 Å². The van der Waals surface area contributed by atoms with Gasteiger partial charge in [0.05, 0.1) is 10.9 Å². The van der Waals surface area contributed by atoms with E-state index in [2.05, 4.69) is 27.1 Å². The van der Waals surface area contributed by atoms with Gasteiger partial charge in [0.15, 0.2) is 0 Å². The quantitative estimate of drug-likeness (QED) is 0.911. The first-order chi connectivity index (χ1) is 9.20. The summed E-state index contributed by atoms with van der Waals surface area (Å²) in [5.74, 6) is 0.945. The number of hydrogen-bond donors (Lipinski definition) is 1. The molecule has 0 bridgehead atoms. The third-order valence-corrected chi connectivity index (χ3v) is 4.35. The van der Waals surface area contributed by atoms with Crippen LogP contribution in [0.2, 0.25) is 0 Å². The maximum atomic E-state index is 11.8. The van der Waals surface area contributed by atoms with E-state index in [0.717, 1.165) is 29.8 Å². The molecule has 19 heavy (non-hydrogen) atoms. The lowest BCUT2D eigenvalue weighted by molar-refractivity contribution is 0.0953. The second-order valence-electron chi connectivity index (χ2n) is 4.70. The molecular weight excluding hydrogens is 260 g/mol. The molecule has 5 nitrogen and oxygen atoms in total. The number of aryl methyl sites for hydroxylation is 1. The van der Waals surface area contributed by atoms with Gasteiger partial charge >= 0.3 is 0 Å². The number of nitrogens with zero attached hydrogens (tertiary/aromatic N) is 3. The molecule has 0 radical (unpaired) electrons. The van der Waals surface area contributed by atoms with Crippen molar-refractivity contribution >= 4 is 34.0 Å². The van der Waals surface area contributed by atoms with E-state index in [1.54, 1.807) is 18.4 Å². The second kappa shape index (κ2) is 4.77. The van der Waals surface area contributed by atoms with Gasteiger partial charge in [-0.1, -0.05) is 0 Å². The van der Waals surface area contributed by atoms with Crippen molar-refractivity contribution in [3.63, 3.8) is 0 Å². The highest BCUT2D eigenvalue weighted by atomic mass is 32.1. The average molecular weight is 276 g/mol. The molecule has 2 aromatic heterocycles. The molecule has 3 rings (SSSR count). The van der Waals surface area contributed by atoms with Gasteiger partial charge in [-0.3, -0.25) is 4.79 Å². The van der Waals surface area contributed by atoms with Crippen molar-refractivity contribution in [2.24, 2.45) is 0 Å². The zero-order valence-corrected chi connectivity index (χ0v) is 11.9. The minimum absolute atomic E-state index is 0.230. The maximum Gasteiger partial charge on any atom is 0.288 e. The first kappa shape index (κ1) is 12.3. The van der Waals surface area contributed by atoms with Gasteiger partial charge < -0.3 is 10.2 Å². The Balaban J connectivity index is 2.20. The van der Waals surface area contributed by atoms with E-state index in [4.69, 9.17) is 0 Å². The lowest BCUT2D eigenvalue weighted by atomic mass is 10.2. The predicted octanol–water partition coefficient (Wildman–Crippen LogP) is 1.96. The van der Waals surface area contributed by atoms with Gasteiger partial charge in [-0.05, 0) is 19.8 Å².